The number of rotatable bonds is 7. The number of hydrogen-bond acceptors (Lipinski definition) is 6. The van der Waals surface area contributed by atoms with Crippen molar-refractivity contribution in [1.29, 1.82) is 0 Å². The number of aliphatic hydroxyl groups excluding tert-OH is 1. The molecule has 0 bridgehead atoms. The van der Waals surface area contributed by atoms with Gasteiger partial charge in [0.05, 0.1) is 30.4 Å². The average Bonchev–Trinajstić information content (AvgIpc) is 3.06. The number of likely N-dealkylation sites (N-methyl/N-ethyl adjacent to an activating group) is 1. The molecular weight excluding hydrogens is 584 g/mol. The van der Waals surface area contributed by atoms with Gasteiger partial charge in [0.15, 0.2) is 0 Å². The molecule has 1 aliphatic heterocycles. The number of nitrogens with one attached hydrogen (secondary N) is 2. The third-order valence-electron chi connectivity index (χ3n) is 9.12. The lowest BCUT2D eigenvalue weighted by atomic mass is 9.88. The smallest absolute Gasteiger partial charge is 0.321 e. The molecule has 252 valence electrons. The third kappa shape index (κ3) is 9.93. The molecule has 1 saturated carbocycles. The minimum atomic E-state index is -0.492. The van der Waals surface area contributed by atoms with E-state index in [-0.39, 0.29) is 55.0 Å². The van der Waals surface area contributed by atoms with Gasteiger partial charge >= 0.3 is 6.03 Å². The second kappa shape index (κ2) is 17.3. The van der Waals surface area contributed by atoms with Gasteiger partial charge in [0, 0.05) is 50.0 Å². The van der Waals surface area contributed by atoms with Crippen LogP contribution >= 0.6 is 0 Å². The summed E-state index contributed by atoms with van der Waals surface area (Å²) in [6.07, 6.45) is 6.98. The van der Waals surface area contributed by atoms with Gasteiger partial charge in [0.2, 0.25) is 5.91 Å². The van der Waals surface area contributed by atoms with E-state index < -0.39 is 6.04 Å². The molecule has 10 nitrogen and oxygen atoms in total. The zero-order valence-electron chi connectivity index (χ0n) is 27.9. The van der Waals surface area contributed by atoms with Gasteiger partial charge in [-0.05, 0) is 76.3 Å². The van der Waals surface area contributed by atoms with Crippen LogP contribution in [0.15, 0.2) is 48.5 Å². The lowest BCUT2D eigenvalue weighted by Crippen LogP contribution is -2.48. The van der Waals surface area contributed by atoms with Crippen LogP contribution in [0.4, 0.5) is 16.2 Å². The molecule has 1 heterocycles. The first kappa shape index (κ1) is 35.2. The Balaban J connectivity index is 1.58. The van der Waals surface area contributed by atoms with E-state index in [9.17, 15) is 19.5 Å². The Morgan fingerprint density at radius 1 is 0.978 bits per heavy atom. The highest BCUT2D eigenvalue weighted by Crippen LogP contribution is 2.30. The number of anilines is 2. The molecule has 0 spiro atoms. The Kier molecular flexibility index (Phi) is 13.3. The number of urea groups is 1. The molecule has 4 amide bonds. The monoisotopic (exact) mass is 636 g/mol. The zero-order valence-corrected chi connectivity index (χ0v) is 27.9. The Bertz CT molecular complexity index is 1280. The normalized spacial score (nSPS) is 22.5. The second-order valence-corrected chi connectivity index (χ2v) is 13.0. The maximum atomic E-state index is 14.3. The van der Waals surface area contributed by atoms with Crippen LogP contribution in [0.1, 0.15) is 82.5 Å². The highest BCUT2D eigenvalue weighted by molar-refractivity contribution is 6.00. The van der Waals surface area contributed by atoms with Crippen molar-refractivity contribution >= 4 is 29.2 Å². The van der Waals surface area contributed by atoms with Gasteiger partial charge in [0.25, 0.3) is 5.91 Å². The third-order valence-corrected chi connectivity index (χ3v) is 9.12. The van der Waals surface area contributed by atoms with E-state index in [0.717, 1.165) is 51.4 Å². The van der Waals surface area contributed by atoms with E-state index >= 15 is 0 Å². The average molecular weight is 637 g/mol. The lowest BCUT2D eigenvalue weighted by molar-refractivity contribution is -0.120. The number of carbonyl (C=O) groups excluding carboxylic acids is 3. The van der Waals surface area contributed by atoms with Crippen molar-refractivity contribution < 1.29 is 29.0 Å². The predicted octanol–water partition coefficient (Wildman–Crippen LogP) is 6.16. The maximum absolute atomic E-state index is 14.3. The minimum Gasteiger partial charge on any atom is -0.490 e. The van der Waals surface area contributed by atoms with Crippen molar-refractivity contribution in [2.24, 2.45) is 11.8 Å². The van der Waals surface area contributed by atoms with E-state index in [4.69, 9.17) is 9.47 Å². The van der Waals surface area contributed by atoms with E-state index in [2.05, 4.69) is 10.6 Å². The number of fused-ring (bicyclic) bond motifs is 1. The van der Waals surface area contributed by atoms with Gasteiger partial charge in [-0.3, -0.25) is 9.59 Å². The van der Waals surface area contributed by atoms with Crippen LogP contribution in [-0.2, 0) is 9.53 Å². The van der Waals surface area contributed by atoms with Crippen molar-refractivity contribution in [3.8, 4) is 5.75 Å². The van der Waals surface area contributed by atoms with Crippen LogP contribution in [0, 0.1) is 11.8 Å². The topological polar surface area (TPSA) is 120 Å². The first-order chi connectivity index (χ1) is 22.2. The fourth-order valence-corrected chi connectivity index (χ4v) is 6.17. The standard InChI is InChI=1S/C36H52N4O6/c1-25-22-40(26(2)24-41)35(43)31-21-30(37-34(42)28-14-7-5-8-15-28)18-19-32(31)46-27(3)13-11-12-20-45-33(25)23-39(4)36(44)38-29-16-9-6-10-17-29/h6,9-10,16-19,21,25-28,33,41H,5,7-8,11-15,20,22-24H2,1-4H3,(H,37,42)(H,38,44)/t25-,26-,27+,33+/m1/s1. The first-order valence-corrected chi connectivity index (χ1v) is 16.9. The van der Waals surface area contributed by atoms with Gasteiger partial charge in [0.1, 0.15) is 5.75 Å². The summed E-state index contributed by atoms with van der Waals surface area (Å²) in [5, 5.41) is 16.2. The summed E-state index contributed by atoms with van der Waals surface area (Å²) in [6, 6.07) is 13.8. The molecule has 1 aliphatic carbocycles. The zero-order chi connectivity index (χ0) is 33.1. The van der Waals surface area contributed by atoms with Crippen LogP contribution < -0.4 is 15.4 Å². The fourth-order valence-electron chi connectivity index (χ4n) is 6.17. The van der Waals surface area contributed by atoms with E-state index in [1.54, 1.807) is 42.0 Å². The molecule has 2 aromatic rings. The molecule has 0 saturated heterocycles. The number of ether oxygens (including phenoxy) is 2. The van der Waals surface area contributed by atoms with Crippen LogP contribution in [0.5, 0.6) is 5.75 Å². The van der Waals surface area contributed by atoms with Crippen LogP contribution in [-0.4, -0.2) is 84.4 Å². The minimum absolute atomic E-state index is 0.0168. The van der Waals surface area contributed by atoms with Crippen molar-refractivity contribution in [3.05, 3.63) is 54.1 Å². The van der Waals surface area contributed by atoms with Crippen LogP contribution in [0.25, 0.3) is 0 Å². The van der Waals surface area contributed by atoms with E-state index in [1.807, 2.05) is 44.2 Å². The molecule has 4 atom stereocenters. The fraction of sp³-hybridized carbons (Fsp3) is 0.583. The second-order valence-electron chi connectivity index (χ2n) is 13.0. The van der Waals surface area contributed by atoms with Crippen molar-refractivity contribution in [3.63, 3.8) is 0 Å². The van der Waals surface area contributed by atoms with Gasteiger partial charge < -0.3 is 35.0 Å². The summed E-state index contributed by atoms with van der Waals surface area (Å²) in [5.41, 5.74) is 1.60. The van der Waals surface area contributed by atoms with Crippen molar-refractivity contribution in [1.82, 2.24) is 9.80 Å². The van der Waals surface area contributed by atoms with Crippen LogP contribution in [0.2, 0.25) is 0 Å². The SMILES string of the molecule is C[C@@H]1CN([C@H](C)CO)C(=O)c2cc(NC(=O)C3CCCCC3)ccc2O[C@@H](C)CCCCO[C@H]1CN(C)C(=O)Nc1ccccc1. The van der Waals surface area contributed by atoms with E-state index in [1.165, 1.54) is 0 Å². The number of benzene rings is 2. The number of carbonyl (C=O) groups is 3. The highest BCUT2D eigenvalue weighted by Gasteiger charge is 2.31. The molecule has 0 radical (unpaired) electrons. The lowest BCUT2D eigenvalue weighted by Gasteiger charge is -2.35. The molecule has 4 rings (SSSR count). The quantitative estimate of drug-likeness (QED) is 0.335. The molecule has 10 heteroatoms. The maximum Gasteiger partial charge on any atom is 0.321 e. The molecule has 0 aromatic heterocycles. The summed E-state index contributed by atoms with van der Waals surface area (Å²) >= 11 is 0. The summed E-state index contributed by atoms with van der Waals surface area (Å²) < 4.78 is 12.7. The first-order valence-electron chi connectivity index (χ1n) is 16.9. The van der Waals surface area contributed by atoms with Crippen molar-refractivity contribution in [2.75, 3.05) is 44.0 Å². The summed E-state index contributed by atoms with van der Waals surface area (Å²) in [6.45, 7) is 6.69. The van der Waals surface area contributed by atoms with Gasteiger partial charge in [-0.15, -0.1) is 0 Å². The summed E-state index contributed by atoms with van der Waals surface area (Å²) in [4.78, 5) is 43.7. The Labute approximate surface area is 273 Å². The van der Waals surface area contributed by atoms with Crippen molar-refractivity contribution in [2.45, 2.75) is 90.4 Å². The molecule has 0 unspecified atom stereocenters. The number of aliphatic hydroxyl groups is 1. The largest absolute Gasteiger partial charge is 0.490 e. The number of hydrogen-bond donors (Lipinski definition) is 3. The summed E-state index contributed by atoms with van der Waals surface area (Å²) in [7, 11) is 1.73. The number of amides is 4. The van der Waals surface area contributed by atoms with Gasteiger partial charge in [-0.25, -0.2) is 4.79 Å². The predicted molar refractivity (Wildman–Crippen MR) is 180 cm³/mol. The summed E-state index contributed by atoms with van der Waals surface area (Å²) in [5.74, 6) is -0.0540. The Morgan fingerprint density at radius 3 is 2.41 bits per heavy atom. The van der Waals surface area contributed by atoms with Gasteiger partial charge in [-0.1, -0.05) is 44.4 Å². The molecule has 2 aromatic carbocycles. The Morgan fingerprint density at radius 2 is 1.70 bits per heavy atom. The molecule has 2 aliphatic rings. The molecule has 1 fully saturated rings. The molecule has 3 N–H and O–H groups in total. The number of nitrogens with zero attached hydrogens (tertiary/aromatic N) is 2. The van der Waals surface area contributed by atoms with Gasteiger partial charge in [-0.2, -0.15) is 0 Å². The molecule has 46 heavy (non-hydrogen) atoms. The highest BCUT2D eigenvalue weighted by atomic mass is 16.5. The Hall–Kier alpha value is -3.63. The van der Waals surface area contributed by atoms with Crippen LogP contribution in [0.3, 0.4) is 0 Å². The van der Waals surface area contributed by atoms with E-state index in [0.29, 0.717) is 35.8 Å². The number of para-hydroxylation sites is 1. The molecular formula is C36H52N4O6.